The fourth-order valence-corrected chi connectivity index (χ4v) is 4.24. The zero-order chi connectivity index (χ0) is 24.5. The highest BCUT2D eigenvalue weighted by molar-refractivity contribution is 5.82. The number of pyridine rings is 1. The lowest BCUT2D eigenvalue weighted by atomic mass is 10.0. The number of hydrogen-bond donors (Lipinski definition) is 0. The molecular weight excluding hydrogens is 442 g/mol. The van der Waals surface area contributed by atoms with E-state index in [0.717, 1.165) is 62.4 Å². The molecule has 0 bridgehead atoms. The molecule has 0 radical (unpaired) electrons. The zero-order valence-electron chi connectivity index (χ0n) is 20.4. The molecule has 0 N–H and O–H groups in total. The first-order valence-corrected chi connectivity index (χ1v) is 11.2. The van der Waals surface area contributed by atoms with Crippen LogP contribution in [0.15, 0.2) is 61.2 Å². The summed E-state index contributed by atoms with van der Waals surface area (Å²) in [5.41, 5.74) is 6.66. The summed E-state index contributed by atoms with van der Waals surface area (Å²) in [5, 5.41) is 4.77. The summed E-state index contributed by atoms with van der Waals surface area (Å²) in [5.74, 6) is 2.94. The van der Waals surface area contributed by atoms with Gasteiger partial charge in [-0.3, -0.25) is 0 Å². The van der Waals surface area contributed by atoms with Gasteiger partial charge in [-0.1, -0.05) is 6.07 Å². The second-order valence-corrected chi connectivity index (χ2v) is 8.40. The number of hydrogen-bond acceptors (Lipinski definition) is 6. The fraction of sp³-hybridized carbons (Fsp3) is 0.222. The molecule has 5 rings (SSSR count). The number of rotatable bonds is 7. The molecule has 0 aliphatic rings. The summed E-state index contributed by atoms with van der Waals surface area (Å²) in [7, 11) is 4.97. The van der Waals surface area contributed by atoms with Gasteiger partial charge in [-0.05, 0) is 55.3 Å². The predicted octanol–water partition coefficient (Wildman–Crippen LogP) is 4.82. The number of aryl methyl sites for hydroxylation is 2. The largest absolute Gasteiger partial charge is 0.497 e. The number of benzene rings is 2. The van der Waals surface area contributed by atoms with Crippen molar-refractivity contribution in [1.29, 1.82) is 0 Å². The molecule has 178 valence electrons. The van der Waals surface area contributed by atoms with Crippen molar-refractivity contribution in [2.75, 3.05) is 21.3 Å². The maximum absolute atomic E-state index is 5.66. The molecule has 0 fully saturated rings. The number of nitrogens with zero attached hydrogens (tertiary/aromatic N) is 5. The molecule has 0 spiro atoms. The van der Waals surface area contributed by atoms with Gasteiger partial charge in [-0.25, -0.2) is 14.5 Å². The first-order chi connectivity index (χ1) is 17.0. The van der Waals surface area contributed by atoms with Crippen molar-refractivity contribution in [3.05, 3.63) is 83.8 Å². The topological polar surface area (TPSA) is 75.7 Å². The van der Waals surface area contributed by atoms with Crippen molar-refractivity contribution >= 4 is 5.65 Å². The maximum Gasteiger partial charge on any atom is 0.163 e. The van der Waals surface area contributed by atoms with Crippen molar-refractivity contribution in [2.45, 2.75) is 20.3 Å². The van der Waals surface area contributed by atoms with Crippen molar-refractivity contribution in [3.8, 4) is 34.1 Å². The molecule has 8 heteroatoms. The molecule has 5 aromatic rings. The van der Waals surface area contributed by atoms with Crippen LogP contribution in [0.3, 0.4) is 0 Å². The van der Waals surface area contributed by atoms with E-state index in [1.165, 1.54) is 0 Å². The van der Waals surface area contributed by atoms with Crippen molar-refractivity contribution in [3.63, 3.8) is 0 Å². The molecule has 35 heavy (non-hydrogen) atoms. The first kappa shape index (κ1) is 22.5. The summed E-state index contributed by atoms with van der Waals surface area (Å²) in [6.07, 6.45) is 6.31. The van der Waals surface area contributed by atoms with Crippen LogP contribution in [0.25, 0.3) is 22.5 Å². The maximum atomic E-state index is 5.66. The van der Waals surface area contributed by atoms with Crippen LogP contribution in [0.4, 0.5) is 0 Å². The minimum atomic E-state index is 0.569. The molecule has 0 amide bonds. The highest BCUT2D eigenvalue weighted by atomic mass is 16.5. The Morgan fingerprint density at radius 2 is 1.66 bits per heavy atom. The molecule has 8 nitrogen and oxygen atoms in total. The molecule has 0 atom stereocenters. The summed E-state index contributed by atoms with van der Waals surface area (Å²) < 4.78 is 20.5. The van der Waals surface area contributed by atoms with Crippen LogP contribution < -0.4 is 14.2 Å². The third-order valence-corrected chi connectivity index (χ3v) is 5.91. The number of imidazole rings is 1. The summed E-state index contributed by atoms with van der Waals surface area (Å²) >= 11 is 0. The molecule has 3 aromatic heterocycles. The Kier molecular flexibility index (Phi) is 5.86. The van der Waals surface area contributed by atoms with Crippen LogP contribution in [-0.2, 0) is 6.42 Å². The van der Waals surface area contributed by atoms with Crippen LogP contribution in [-0.4, -0.2) is 45.5 Å². The minimum absolute atomic E-state index is 0.569. The Balaban J connectivity index is 1.53. The quantitative estimate of drug-likeness (QED) is 0.340. The molecule has 0 unspecified atom stereocenters. The predicted molar refractivity (Wildman–Crippen MR) is 134 cm³/mol. The van der Waals surface area contributed by atoms with Crippen molar-refractivity contribution < 1.29 is 14.2 Å². The van der Waals surface area contributed by atoms with Crippen LogP contribution >= 0.6 is 0 Å². The average Bonchev–Trinajstić information content (AvgIpc) is 3.48. The Hall–Kier alpha value is -4.33. The Bertz CT molecular complexity index is 1520. The minimum Gasteiger partial charge on any atom is -0.497 e. The van der Waals surface area contributed by atoms with E-state index in [1.54, 1.807) is 27.7 Å². The Morgan fingerprint density at radius 3 is 2.37 bits per heavy atom. The van der Waals surface area contributed by atoms with Gasteiger partial charge < -0.3 is 18.8 Å². The number of methoxy groups -OCH3 is 3. The monoisotopic (exact) mass is 469 g/mol. The first-order valence-electron chi connectivity index (χ1n) is 11.2. The van der Waals surface area contributed by atoms with Gasteiger partial charge in [0.1, 0.15) is 17.2 Å². The van der Waals surface area contributed by atoms with E-state index >= 15 is 0 Å². The summed E-state index contributed by atoms with van der Waals surface area (Å²) in [6.45, 7) is 4.01. The van der Waals surface area contributed by atoms with Gasteiger partial charge in [-0.15, -0.1) is 0 Å². The Labute approximate surface area is 203 Å². The van der Waals surface area contributed by atoms with E-state index < -0.39 is 0 Å². The molecule has 0 aliphatic heterocycles. The standard InChI is InChI=1S/C27H27N5O3/c1-17-10-22(21-8-7-20(33-3)13-24(21)34-4)27-29-26(30-32(27)14-17)12-19-6-9-23(25(11-19)35-5)31-15-18(2)28-16-31/h6-11,13-16H,12H2,1-5H3. The lowest BCUT2D eigenvalue weighted by molar-refractivity contribution is 0.395. The van der Waals surface area contributed by atoms with E-state index in [9.17, 15) is 0 Å². The molecule has 2 aromatic carbocycles. The average molecular weight is 470 g/mol. The number of aromatic nitrogens is 5. The molecule has 3 heterocycles. The van der Waals surface area contributed by atoms with Gasteiger partial charge >= 0.3 is 0 Å². The highest BCUT2D eigenvalue weighted by Crippen LogP contribution is 2.36. The number of ether oxygens (including phenoxy) is 3. The third kappa shape index (κ3) is 4.30. The van der Waals surface area contributed by atoms with E-state index in [2.05, 4.69) is 17.1 Å². The molecule has 0 saturated carbocycles. The smallest absolute Gasteiger partial charge is 0.163 e. The third-order valence-electron chi connectivity index (χ3n) is 5.91. The highest BCUT2D eigenvalue weighted by Gasteiger charge is 2.16. The van der Waals surface area contributed by atoms with E-state index in [4.69, 9.17) is 24.3 Å². The van der Waals surface area contributed by atoms with Gasteiger partial charge in [-0.2, -0.15) is 5.10 Å². The molecule has 0 saturated heterocycles. The second-order valence-electron chi connectivity index (χ2n) is 8.40. The van der Waals surface area contributed by atoms with Crippen LogP contribution in [0.5, 0.6) is 17.2 Å². The van der Waals surface area contributed by atoms with Gasteiger partial charge in [0.05, 0.1) is 39.0 Å². The van der Waals surface area contributed by atoms with Crippen molar-refractivity contribution in [1.82, 2.24) is 24.1 Å². The summed E-state index contributed by atoms with van der Waals surface area (Å²) in [4.78, 5) is 9.21. The van der Waals surface area contributed by atoms with Gasteiger partial charge in [0.2, 0.25) is 0 Å². The fourth-order valence-electron chi connectivity index (χ4n) is 4.24. The van der Waals surface area contributed by atoms with E-state index in [0.29, 0.717) is 6.42 Å². The van der Waals surface area contributed by atoms with Gasteiger partial charge in [0.15, 0.2) is 11.5 Å². The van der Waals surface area contributed by atoms with E-state index in [1.807, 2.05) is 65.7 Å². The van der Waals surface area contributed by atoms with E-state index in [-0.39, 0.29) is 0 Å². The van der Waals surface area contributed by atoms with Crippen LogP contribution in [0.1, 0.15) is 22.6 Å². The van der Waals surface area contributed by atoms with Gasteiger partial charge in [0, 0.05) is 36.0 Å². The Morgan fingerprint density at radius 1 is 0.829 bits per heavy atom. The van der Waals surface area contributed by atoms with Gasteiger partial charge in [0.25, 0.3) is 0 Å². The summed E-state index contributed by atoms with van der Waals surface area (Å²) in [6, 6.07) is 14.0. The SMILES string of the molecule is COc1ccc(-c2cc(C)cn3nc(Cc4ccc(-n5cnc(C)c5)c(OC)c4)nc23)c(OC)c1. The number of fused-ring (bicyclic) bond motifs is 1. The molecular formula is C27H27N5O3. The lowest BCUT2D eigenvalue weighted by Gasteiger charge is -2.11. The van der Waals surface area contributed by atoms with Crippen LogP contribution in [0, 0.1) is 13.8 Å². The zero-order valence-corrected chi connectivity index (χ0v) is 20.4. The van der Waals surface area contributed by atoms with Crippen molar-refractivity contribution in [2.24, 2.45) is 0 Å². The normalized spacial score (nSPS) is 11.1. The lowest BCUT2D eigenvalue weighted by Crippen LogP contribution is -1.98. The molecule has 0 aliphatic carbocycles. The van der Waals surface area contributed by atoms with Crippen LogP contribution in [0.2, 0.25) is 0 Å². The second kappa shape index (κ2) is 9.13.